The maximum atomic E-state index is 12.3. The highest BCUT2D eigenvalue weighted by Crippen LogP contribution is 2.22. The summed E-state index contributed by atoms with van der Waals surface area (Å²) >= 11 is 0. The largest absolute Gasteiger partial charge is 0.467 e. The molecule has 1 amide bonds. The summed E-state index contributed by atoms with van der Waals surface area (Å²) in [6.07, 6.45) is 2.29. The highest BCUT2D eigenvalue weighted by Gasteiger charge is 2.19. The second kappa shape index (κ2) is 8.37. The van der Waals surface area contributed by atoms with Gasteiger partial charge in [-0.2, -0.15) is 4.98 Å². The van der Waals surface area contributed by atoms with Crippen LogP contribution in [0.3, 0.4) is 0 Å². The molecule has 0 radical (unpaired) electrons. The molecule has 0 saturated carbocycles. The number of rotatable bonds is 5. The van der Waals surface area contributed by atoms with E-state index in [0.717, 1.165) is 54.4 Å². The van der Waals surface area contributed by atoms with Crippen LogP contribution in [0.15, 0.2) is 24.3 Å². The molecule has 0 spiro atoms. The Morgan fingerprint density at radius 3 is 2.70 bits per heavy atom. The molecule has 1 aromatic carbocycles. The molecule has 2 heterocycles. The third kappa shape index (κ3) is 4.96. The molecule has 6 heteroatoms. The van der Waals surface area contributed by atoms with E-state index in [1.54, 1.807) is 6.07 Å². The first-order valence-electron chi connectivity index (χ1n) is 9.52. The topological polar surface area (TPSA) is 67.3 Å². The van der Waals surface area contributed by atoms with Gasteiger partial charge in [0, 0.05) is 30.5 Å². The summed E-state index contributed by atoms with van der Waals surface area (Å²) in [5, 5.41) is 2.90. The maximum Gasteiger partial charge on any atom is 0.262 e. The number of aryl methyl sites for hydroxylation is 2. The van der Waals surface area contributed by atoms with Crippen LogP contribution in [0.25, 0.3) is 0 Å². The first-order valence-corrected chi connectivity index (χ1v) is 9.52. The SMILES string of the molecule is Cc1cc(OCC(=O)Nc2cccc(C)c2C)nc(N2CCC(C)CC2)n1. The van der Waals surface area contributed by atoms with Crippen LogP contribution in [0.5, 0.6) is 5.88 Å². The van der Waals surface area contributed by atoms with Crippen molar-refractivity contribution in [2.45, 2.75) is 40.5 Å². The lowest BCUT2D eigenvalue weighted by Crippen LogP contribution is -2.34. The van der Waals surface area contributed by atoms with E-state index in [0.29, 0.717) is 11.8 Å². The average molecular weight is 368 g/mol. The lowest BCUT2D eigenvalue weighted by Gasteiger charge is -2.30. The second-order valence-electron chi connectivity index (χ2n) is 7.40. The lowest BCUT2D eigenvalue weighted by atomic mass is 10.00. The van der Waals surface area contributed by atoms with E-state index in [4.69, 9.17) is 4.74 Å². The summed E-state index contributed by atoms with van der Waals surface area (Å²) in [5.41, 5.74) is 3.85. The molecular formula is C21H28N4O2. The van der Waals surface area contributed by atoms with Crippen molar-refractivity contribution in [1.82, 2.24) is 9.97 Å². The molecule has 1 aliphatic heterocycles. The van der Waals surface area contributed by atoms with E-state index in [9.17, 15) is 4.79 Å². The molecule has 1 aliphatic rings. The summed E-state index contributed by atoms with van der Waals surface area (Å²) in [6, 6.07) is 7.61. The van der Waals surface area contributed by atoms with Gasteiger partial charge in [0.2, 0.25) is 11.8 Å². The third-order valence-corrected chi connectivity index (χ3v) is 5.12. The number of carbonyl (C=O) groups is 1. The van der Waals surface area contributed by atoms with Gasteiger partial charge in [-0.3, -0.25) is 4.79 Å². The molecule has 1 N–H and O–H groups in total. The Morgan fingerprint density at radius 1 is 1.22 bits per heavy atom. The number of nitrogens with one attached hydrogen (secondary N) is 1. The Hall–Kier alpha value is -2.63. The van der Waals surface area contributed by atoms with Gasteiger partial charge in [-0.05, 0) is 56.7 Å². The van der Waals surface area contributed by atoms with Gasteiger partial charge in [-0.25, -0.2) is 4.98 Å². The van der Waals surface area contributed by atoms with Gasteiger partial charge in [-0.1, -0.05) is 19.1 Å². The van der Waals surface area contributed by atoms with E-state index < -0.39 is 0 Å². The van der Waals surface area contributed by atoms with Crippen molar-refractivity contribution in [1.29, 1.82) is 0 Å². The third-order valence-electron chi connectivity index (χ3n) is 5.12. The van der Waals surface area contributed by atoms with E-state index in [1.807, 2.05) is 39.0 Å². The number of amides is 1. The van der Waals surface area contributed by atoms with Gasteiger partial charge >= 0.3 is 0 Å². The Labute approximate surface area is 161 Å². The Balaban J connectivity index is 1.62. The molecule has 1 fully saturated rings. The number of nitrogens with zero attached hydrogens (tertiary/aromatic N) is 3. The fourth-order valence-corrected chi connectivity index (χ4v) is 3.16. The Kier molecular flexibility index (Phi) is 5.94. The zero-order valence-corrected chi connectivity index (χ0v) is 16.6. The summed E-state index contributed by atoms with van der Waals surface area (Å²) in [4.78, 5) is 23.5. The molecule has 2 aromatic rings. The van der Waals surface area contributed by atoms with Gasteiger partial charge in [0.15, 0.2) is 6.61 Å². The number of anilines is 2. The first-order chi connectivity index (χ1) is 12.9. The van der Waals surface area contributed by atoms with Gasteiger partial charge in [0.1, 0.15) is 0 Å². The number of hydrogen-bond acceptors (Lipinski definition) is 5. The monoisotopic (exact) mass is 368 g/mol. The van der Waals surface area contributed by atoms with Gasteiger partial charge < -0.3 is 15.0 Å². The summed E-state index contributed by atoms with van der Waals surface area (Å²) < 4.78 is 5.65. The number of carbonyl (C=O) groups excluding carboxylic acids is 1. The van der Waals surface area contributed by atoms with Gasteiger partial charge in [0.25, 0.3) is 5.91 Å². The van der Waals surface area contributed by atoms with Gasteiger partial charge in [0.05, 0.1) is 0 Å². The standard InChI is InChI=1S/C21H28N4O2/c1-14-8-10-25(11-9-14)21-22-16(3)12-20(24-21)27-13-19(26)23-18-7-5-6-15(2)17(18)4/h5-7,12,14H,8-11,13H2,1-4H3,(H,23,26). The molecule has 27 heavy (non-hydrogen) atoms. The van der Waals surface area contributed by atoms with E-state index >= 15 is 0 Å². The first kappa shape index (κ1) is 19.1. The van der Waals surface area contributed by atoms with Crippen molar-refractivity contribution < 1.29 is 9.53 Å². The maximum absolute atomic E-state index is 12.3. The fraction of sp³-hybridized carbons (Fsp3) is 0.476. The predicted octanol–water partition coefficient (Wildman–Crippen LogP) is 3.66. The van der Waals surface area contributed by atoms with Crippen LogP contribution in [-0.2, 0) is 4.79 Å². The van der Waals surface area contributed by atoms with Crippen LogP contribution in [0, 0.1) is 26.7 Å². The van der Waals surface area contributed by atoms with Crippen LogP contribution in [-0.4, -0.2) is 35.6 Å². The van der Waals surface area contributed by atoms with Gasteiger partial charge in [-0.15, -0.1) is 0 Å². The normalized spacial score (nSPS) is 14.9. The minimum atomic E-state index is -0.201. The number of piperidine rings is 1. The minimum absolute atomic E-state index is 0.0830. The number of hydrogen-bond donors (Lipinski definition) is 1. The van der Waals surface area contributed by atoms with Crippen LogP contribution in [0.4, 0.5) is 11.6 Å². The highest BCUT2D eigenvalue weighted by molar-refractivity contribution is 5.92. The second-order valence-corrected chi connectivity index (χ2v) is 7.40. The Morgan fingerprint density at radius 2 is 1.96 bits per heavy atom. The average Bonchev–Trinajstić information content (AvgIpc) is 2.64. The van der Waals surface area contributed by atoms with Crippen molar-refractivity contribution in [3.63, 3.8) is 0 Å². The number of aromatic nitrogens is 2. The van der Waals surface area contributed by atoms with Crippen LogP contribution in [0.2, 0.25) is 0 Å². The molecule has 0 unspecified atom stereocenters. The summed E-state index contributed by atoms with van der Waals surface area (Å²) in [5.74, 6) is 1.67. The molecule has 3 rings (SSSR count). The molecule has 1 aromatic heterocycles. The molecule has 1 saturated heterocycles. The van der Waals surface area contributed by atoms with Crippen molar-refractivity contribution in [2.24, 2.45) is 5.92 Å². The van der Waals surface area contributed by atoms with Crippen LogP contribution < -0.4 is 15.0 Å². The molecule has 6 nitrogen and oxygen atoms in total. The quantitative estimate of drug-likeness (QED) is 0.872. The molecule has 0 bridgehead atoms. The molecular weight excluding hydrogens is 340 g/mol. The fourth-order valence-electron chi connectivity index (χ4n) is 3.16. The summed E-state index contributed by atoms with van der Waals surface area (Å²) in [6.45, 7) is 10.0. The molecule has 0 aliphatic carbocycles. The smallest absolute Gasteiger partial charge is 0.262 e. The van der Waals surface area contributed by atoms with Crippen molar-refractivity contribution >= 4 is 17.5 Å². The number of benzene rings is 1. The zero-order valence-electron chi connectivity index (χ0n) is 16.6. The Bertz CT molecular complexity index is 814. The minimum Gasteiger partial charge on any atom is -0.467 e. The van der Waals surface area contributed by atoms with E-state index in [2.05, 4.69) is 27.1 Å². The lowest BCUT2D eigenvalue weighted by molar-refractivity contribution is -0.118. The van der Waals surface area contributed by atoms with Crippen molar-refractivity contribution in [3.05, 3.63) is 41.1 Å². The highest BCUT2D eigenvalue weighted by atomic mass is 16.5. The van der Waals surface area contributed by atoms with Crippen LogP contribution >= 0.6 is 0 Å². The van der Waals surface area contributed by atoms with E-state index in [-0.39, 0.29) is 12.5 Å². The number of ether oxygens (including phenoxy) is 1. The van der Waals surface area contributed by atoms with Crippen molar-refractivity contribution in [2.75, 3.05) is 29.9 Å². The van der Waals surface area contributed by atoms with Crippen molar-refractivity contribution in [3.8, 4) is 5.88 Å². The molecule has 0 atom stereocenters. The zero-order chi connectivity index (χ0) is 19.4. The predicted molar refractivity (Wildman–Crippen MR) is 107 cm³/mol. The van der Waals surface area contributed by atoms with Crippen LogP contribution in [0.1, 0.15) is 36.6 Å². The molecule has 144 valence electrons. The van der Waals surface area contributed by atoms with E-state index in [1.165, 1.54) is 0 Å². The summed E-state index contributed by atoms with van der Waals surface area (Å²) in [7, 11) is 0.